The van der Waals surface area contributed by atoms with Crippen molar-refractivity contribution in [1.29, 1.82) is 0 Å². The number of benzene rings is 1. The molecule has 0 radical (unpaired) electrons. The van der Waals surface area contributed by atoms with Crippen LogP contribution in [-0.2, 0) is 11.2 Å². The number of piperidine rings is 1. The molecule has 4 heteroatoms. The van der Waals surface area contributed by atoms with Gasteiger partial charge in [-0.05, 0) is 43.5 Å². The van der Waals surface area contributed by atoms with Gasteiger partial charge in [0.2, 0.25) is 5.91 Å². The van der Waals surface area contributed by atoms with Crippen molar-refractivity contribution < 1.29 is 4.79 Å². The van der Waals surface area contributed by atoms with E-state index in [4.69, 9.17) is 0 Å². The lowest BCUT2D eigenvalue weighted by molar-refractivity contribution is -0.127. The van der Waals surface area contributed by atoms with Crippen LogP contribution >= 0.6 is 0 Å². The summed E-state index contributed by atoms with van der Waals surface area (Å²) < 4.78 is 0. The molecule has 2 aliphatic rings. The van der Waals surface area contributed by atoms with Crippen molar-refractivity contribution in [3.8, 4) is 0 Å². The molecule has 0 saturated carbocycles. The summed E-state index contributed by atoms with van der Waals surface area (Å²) >= 11 is 0. The molecule has 3 atom stereocenters. The van der Waals surface area contributed by atoms with Gasteiger partial charge < -0.3 is 15.2 Å². The van der Waals surface area contributed by atoms with E-state index in [1.165, 1.54) is 22.0 Å². The van der Waals surface area contributed by atoms with Gasteiger partial charge in [-0.25, -0.2) is 0 Å². The van der Waals surface area contributed by atoms with Crippen molar-refractivity contribution >= 4 is 16.8 Å². The van der Waals surface area contributed by atoms with E-state index >= 15 is 0 Å². The largest absolute Gasteiger partial charge is 0.361 e. The Morgan fingerprint density at radius 3 is 3.13 bits per heavy atom. The molecule has 2 N–H and O–H groups in total. The van der Waals surface area contributed by atoms with E-state index in [0.717, 1.165) is 32.4 Å². The normalized spacial score (nSPS) is 27.0. The highest BCUT2D eigenvalue weighted by atomic mass is 16.1. The molecule has 4 nitrogen and oxygen atoms in total. The van der Waals surface area contributed by atoms with Gasteiger partial charge in [0, 0.05) is 42.1 Å². The highest BCUT2D eigenvalue weighted by Gasteiger charge is 2.41. The quantitative estimate of drug-likeness (QED) is 0.915. The number of carbonyl (C=O) groups is 1. The van der Waals surface area contributed by atoms with Crippen LogP contribution in [0.2, 0.25) is 0 Å². The predicted molar refractivity (Wildman–Crippen MR) is 92.6 cm³/mol. The Balaban J connectivity index is 1.67. The lowest BCUT2D eigenvalue weighted by Crippen LogP contribution is -2.51. The first-order valence-corrected chi connectivity index (χ1v) is 8.76. The van der Waals surface area contributed by atoms with Gasteiger partial charge in [-0.1, -0.05) is 19.1 Å². The predicted octanol–water partition coefficient (Wildman–Crippen LogP) is 2.65. The molecule has 2 heterocycles. The van der Waals surface area contributed by atoms with E-state index in [1.54, 1.807) is 0 Å². The van der Waals surface area contributed by atoms with Gasteiger partial charge >= 0.3 is 0 Å². The minimum absolute atomic E-state index is 0.101. The fourth-order valence-electron chi connectivity index (χ4n) is 4.52. The number of hydrogen-bond donors (Lipinski definition) is 2. The van der Waals surface area contributed by atoms with Gasteiger partial charge in [0.1, 0.15) is 0 Å². The third-order valence-corrected chi connectivity index (χ3v) is 5.65. The fraction of sp³-hybridized carbons (Fsp3) is 0.526. The van der Waals surface area contributed by atoms with Crippen LogP contribution in [0.3, 0.4) is 0 Å². The number of H-pyrrole nitrogens is 1. The number of likely N-dealkylation sites (tertiary alicyclic amines) is 1. The molecule has 1 aromatic carbocycles. The van der Waals surface area contributed by atoms with Gasteiger partial charge in [0.25, 0.3) is 0 Å². The zero-order valence-corrected chi connectivity index (χ0v) is 13.9. The molecule has 0 spiro atoms. The SMILES string of the molecule is CCCNC(=O)C1C[C@@H]2c3cccc4[nH]cc(c34)C[C@H]2N(C)C1. The minimum atomic E-state index is 0.101. The van der Waals surface area contributed by atoms with Gasteiger partial charge in [0.05, 0.1) is 5.92 Å². The molecule has 1 aromatic heterocycles. The lowest BCUT2D eigenvalue weighted by atomic mass is 9.72. The van der Waals surface area contributed by atoms with Gasteiger partial charge in [0.15, 0.2) is 0 Å². The Hall–Kier alpha value is -1.81. The number of aromatic amines is 1. The summed E-state index contributed by atoms with van der Waals surface area (Å²) in [5, 5.41) is 4.49. The first kappa shape index (κ1) is 14.8. The molecule has 1 fully saturated rings. The second kappa shape index (κ2) is 5.68. The Kier molecular flexibility index (Phi) is 3.64. The molecule has 1 aliphatic heterocycles. The van der Waals surface area contributed by atoms with Crippen molar-refractivity contribution in [1.82, 2.24) is 15.2 Å². The third kappa shape index (κ3) is 2.36. The standard InChI is InChI=1S/C19H25N3O/c1-3-7-20-19(23)13-8-15-14-5-4-6-16-18(14)12(10-21-16)9-17(15)22(2)11-13/h4-6,10,13,15,17,21H,3,7-9,11H2,1-2H3,(H,20,23)/t13?,15-,17-/m1/s1. The van der Waals surface area contributed by atoms with Crippen LogP contribution in [-0.4, -0.2) is 42.0 Å². The number of hydrogen-bond acceptors (Lipinski definition) is 2. The van der Waals surface area contributed by atoms with Crippen molar-refractivity contribution in [3.05, 3.63) is 35.5 Å². The summed E-state index contributed by atoms with van der Waals surface area (Å²) in [6.45, 7) is 3.75. The van der Waals surface area contributed by atoms with E-state index in [9.17, 15) is 4.79 Å². The zero-order valence-electron chi connectivity index (χ0n) is 13.9. The maximum Gasteiger partial charge on any atom is 0.224 e. The molecule has 1 aliphatic carbocycles. The Morgan fingerprint density at radius 2 is 2.30 bits per heavy atom. The van der Waals surface area contributed by atoms with E-state index in [2.05, 4.69) is 53.6 Å². The van der Waals surface area contributed by atoms with Crippen LogP contribution in [0.1, 0.15) is 36.8 Å². The fourth-order valence-corrected chi connectivity index (χ4v) is 4.52. The number of amides is 1. The van der Waals surface area contributed by atoms with Crippen molar-refractivity contribution in [2.24, 2.45) is 5.92 Å². The minimum Gasteiger partial charge on any atom is -0.361 e. The number of nitrogens with zero attached hydrogens (tertiary/aromatic N) is 1. The summed E-state index contributed by atoms with van der Waals surface area (Å²) in [5.74, 6) is 0.783. The number of rotatable bonds is 3. The maximum atomic E-state index is 12.5. The summed E-state index contributed by atoms with van der Waals surface area (Å²) in [6, 6.07) is 7.07. The first-order valence-electron chi connectivity index (χ1n) is 8.76. The lowest BCUT2D eigenvalue weighted by Gasteiger charge is -2.45. The average molecular weight is 311 g/mol. The van der Waals surface area contributed by atoms with Crippen LogP contribution < -0.4 is 5.32 Å². The van der Waals surface area contributed by atoms with Crippen LogP contribution in [0.25, 0.3) is 10.9 Å². The molecule has 2 aromatic rings. The van der Waals surface area contributed by atoms with E-state index in [-0.39, 0.29) is 11.8 Å². The molecule has 1 amide bonds. The highest BCUT2D eigenvalue weighted by molar-refractivity contribution is 5.88. The van der Waals surface area contributed by atoms with Crippen LogP contribution in [0, 0.1) is 5.92 Å². The second-order valence-corrected chi connectivity index (χ2v) is 7.12. The number of nitrogens with one attached hydrogen (secondary N) is 2. The monoisotopic (exact) mass is 311 g/mol. The Morgan fingerprint density at radius 1 is 1.43 bits per heavy atom. The smallest absolute Gasteiger partial charge is 0.224 e. The number of aromatic nitrogens is 1. The number of likely N-dealkylation sites (N-methyl/N-ethyl adjacent to an activating group) is 1. The summed E-state index contributed by atoms with van der Waals surface area (Å²) in [6.07, 6.45) is 5.21. The van der Waals surface area contributed by atoms with Crippen LogP contribution in [0.4, 0.5) is 0 Å². The summed E-state index contributed by atoms with van der Waals surface area (Å²) in [5.41, 5.74) is 4.09. The van der Waals surface area contributed by atoms with Crippen LogP contribution in [0.5, 0.6) is 0 Å². The third-order valence-electron chi connectivity index (χ3n) is 5.65. The average Bonchev–Trinajstić information content (AvgIpc) is 2.98. The topological polar surface area (TPSA) is 48.1 Å². The molecule has 122 valence electrons. The molecule has 23 heavy (non-hydrogen) atoms. The first-order chi connectivity index (χ1) is 11.2. The number of carbonyl (C=O) groups excluding carboxylic acids is 1. The van der Waals surface area contributed by atoms with Crippen molar-refractivity contribution in [2.75, 3.05) is 20.1 Å². The van der Waals surface area contributed by atoms with E-state index in [1.807, 2.05) is 0 Å². The van der Waals surface area contributed by atoms with Crippen molar-refractivity contribution in [3.63, 3.8) is 0 Å². The van der Waals surface area contributed by atoms with Gasteiger partial charge in [-0.15, -0.1) is 0 Å². The summed E-state index contributed by atoms with van der Waals surface area (Å²) in [4.78, 5) is 18.3. The summed E-state index contributed by atoms with van der Waals surface area (Å²) in [7, 11) is 2.18. The molecule has 0 bridgehead atoms. The van der Waals surface area contributed by atoms with Gasteiger partial charge in [-0.3, -0.25) is 4.79 Å². The second-order valence-electron chi connectivity index (χ2n) is 7.12. The Labute approximate surface area is 137 Å². The van der Waals surface area contributed by atoms with Gasteiger partial charge in [-0.2, -0.15) is 0 Å². The number of fused-ring (bicyclic) bond motifs is 2. The van der Waals surface area contributed by atoms with E-state index < -0.39 is 0 Å². The zero-order chi connectivity index (χ0) is 16.0. The van der Waals surface area contributed by atoms with Crippen molar-refractivity contribution in [2.45, 2.75) is 38.1 Å². The molecular formula is C19H25N3O. The van der Waals surface area contributed by atoms with Crippen LogP contribution in [0.15, 0.2) is 24.4 Å². The molecule has 4 rings (SSSR count). The molecule has 1 saturated heterocycles. The maximum absolute atomic E-state index is 12.5. The molecular weight excluding hydrogens is 286 g/mol. The highest BCUT2D eigenvalue weighted by Crippen LogP contribution is 2.44. The van der Waals surface area contributed by atoms with E-state index in [0.29, 0.717) is 12.0 Å². The molecule has 1 unspecified atom stereocenters. The Bertz CT molecular complexity index is 735.